The Hall–Kier alpha value is -1.32. The number of likely N-dealkylation sites (N-methyl/N-ethyl adjacent to an activating group) is 1. The molecule has 0 fully saturated rings. The van der Waals surface area contributed by atoms with Crippen LogP contribution in [0.15, 0.2) is 28.7 Å². The molecule has 1 aromatic carbocycles. The number of fused-ring (bicyclic) bond motifs is 1. The van der Waals surface area contributed by atoms with Crippen LogP contribution in [0, 0.1) is 6.92 Å². The maximum absolute atomic E-state index is 5.94. The molecule has 0 saturated carbocycles. The highest BCUT2D eigenvalue weighted by molar-refractivity contribution is 5.80. The van der Waals surface area contributed by atoms with Gasteiger partial charge in [0.15, 0.2) is 0 Å². The molecule has 1 aromatic heterocycles. The van der Waals surface area contributed by atoms with Crippen LogP contribution in [-0.4, -0.2) is 20.3 Å². The van der Waals surface area contributed by atoms with Crippen molar-refractivity contribution in [1.29, 1.82) is 0 Å². The third kappa shape index (κ3) is 2.74. The second-order valence-corrected chi connectivity index (χ2v) is 4.56. The molecule has 18 heavy (non-hydrogen) atoms. The highest BCUT2D eigenvalue weighted by atomic mass is 16.5. The number of nitrogens with one attached hydrogen (secondary N) is 1. The molecule has 1 unspecified atom stereocenters. The Kier molecular flexibility index (Phi) is 4.39. The molecule has 0 aliphatic heterocycles. The smallest absolute Gasteiger partial charge is 0.137 e. The Morgan fingerprint density at radius 3 is 2.89 bits per heavy atom. The number of rotatable bonds is 6. The van der Waals surface area contributed by atoms with Gasteiger partial charge in [-0.3, -0.25) is 0 Å². The van der Waals surface area contributed by atoms with Crippen LogP contribution in [0.1, 0.15) is 30.7 Å². The fourth-order valence-electron chi connectivity index (χ4n) is 2.05. The minimum atomic E-state index is 0.114. The summed E-state index contributed by atoms with van der Waals surface area (Å²) < 4.78 is 11.5. The zero-order valence-corrected chi connectivity index (χ0v) is 11.3. The summed E-state index contributed by atoms with van der Waals surface area (Å²) in [6.45, 7) is 5.61. The van der Waals surface area contributed by atoms with E-state index in [-0.39, 0.29) is 6.04 Å². The second kappa shape index (κ2) is 6.03. The van der Waals surface area contributed by atoms with Gasteiger partial charge in [-0.15, -0.1) is 0 Å². The van der Waals surface area contributed by atoms with E-state index in [9.17, 15) is 0 Å². The summed E-state index contributed by atoms with van der Waals surface area (Å²) in [5, 5.41) is 4.39. The van der Waals surface area contributed by atoms with E-state index >= 15 is 0 Å². The van der Waals surface area contributed by atoms with Crippen molar-refractivity contribution in [1.82, 2.24) is 5.32 Å². The van der Waals surface area contributed by atoms with Crippen LogP contribution in [0.2, 0.25) is 0 Å². The van der Waals surface area contributed by atoms with Crippen molar-refractivity contribution < 1.29 is 9.15 Å². The summed E-state index contributed by atoms with van der Waals surface area (Å²) in [6, 6.07) is 8.41. The molecule has 1 N–H and O–H groups in total. The molecule has 0 bridgehead atoms. The highest BCUT2D eigenvalue weighted by Crippen LogP contribution is 2.26. The van der Waals surface area contributed by atoms with E-state index < -0.39 is 0 Å². The largest absolute Gasteiger partial charge is 0.459 e. The number of benzene rings is 1. The molecule has 0 radical (unpaired) electrons. The van der Waals surface area contributed by atoms with Gasteiger partial charge in [0.25, 0.3) is 0 Å². The molecule has 98 valence electrons. The number of ether oxygens (including phenoxy) is 1. The first-order valence-electron chi connectivity index (χ1n) is 6.50. The topological polar surface area (TPSA) is 34.4 Å². The van der Waals surface area contributed by atoms with Crippen LogP contribution >= 0.6 is 0 Å². The molecule has 0 spiro atoms. The van der Waals surface area contributed by atoms with Crippen molar-refractivity contribution >= 4 is 11.0 Å². The van der Waals surface area contributed by atoms with Gasteiger partial charge in [-0.25, -0.2) is 0 Å². The molecule has 0 saturated heterocycles. The molecule has 2 aromatic rings. The molecule has 0 aliphatic carbocycles. The lowest BCUT2D eigenvalue weighted by atomic mass is 10.1. The lowest BCUT2D eigenvalue weighted by Gasteiger charge is -2.13. The van der Waals surface area contributed by atoms with Gasteiger partial charge in [0.05, 0.1) is 12.6 Å². The summed E-state index contributed by atoms with van der Waals surface area (Å²) in [6.07, 6.45) is 1.04. The maximum Gasteiger partial charge on any atom is 0.137 e. The van der Waals surface area contributed by atoms with Crippen LogP contribution in [0.3, 0.4) is 0 Å². The monoisotopic (exact) mass is 247 g/mol. The molecule has 3 nitrogen and oxygen atoms in total. The predicted molar refractivity (Wildman–Crippen MR) is 73.9 cm³/mol. The Bertz CT molecular complexity index is 504. The summed E-state index contributed by atoms with van der Waals surface area (Å²) in [5.74, 6) is 0.943. The molecule has 3 heteroatoms. The minimum absolute atomic E-state index is 0.114. The fraction of sp³-hybridized carbons (Fsp3) is 0.467. The molecule has 0 amide bonds. The summed E-state index contributed by atoms with van der Waals surface area (Å²) in [7, 11) is 1.93. The SMILES string of the molecule is CCCOCC(NC)c1cc2cccc(C)c2o1. The predicted octanol–water partition coefficient (Wildman–Crippen LogP) is 3.43. The van der Waals surface area contributed by atoms with E-state index in [0.717, 1.165) is 29.8 Å². The second-order valence-electron chi connectivity index (χ2n) is 4.56. The van der Waals surface area contributed by atoms with Crippen molar-refractivity contribution in [3.8, 4) is 0 Å². The fourth-order valence-corrected chi connectivity index (χ4v) is 2.05. The lowest BCUT2D eigenvalue weighted by Crippen LogP contribution is -2.21. The first kappa shape index (κ1) is 13.1. The van der Waals surface area contributed by atoms with Gasteiger partial charge in [0.2, 0.25) is 0 Å². The third-order valence-electron chi connectivity index (χ3n) is 3.08. The number of hydrogen-bond acceptors (Lipinski definition) is 3. The molecule has 0 aliphatic rings. The molecule has 1 atom stereocenters. The van der Waals surface area contributed by atoms with E-state index in [1.165, 1.54) is 5.56 Å². The zero-order chi connectivity index (χ0) is 13.0. The van der Waals surface area contributed by atoms with Gasteiger partial charge in [0.1, 0.15) is 11.3 Å². The highest BCUT2D eigenvalue weighted by Gasteiger charge is 2.15. The average Bonchev–Trinajstić information content (AvgIpc) is 2.80. The maximum atomic E-state index is 5.94. The van der Waals surface area contributed by atoms with E-state index in [0.29, 0.717) is 6.61 Å². The standard InChI is InChI=1S/C15H21NO2/c1-4-8-17-10-13(16-3)14-9-12-7-5-6-11(2)15(12)18-14/h5-7,9,13,16H,4,8,10H2,1-3H3. The number of aryl methyl sites for hydroxylation is 1. The van der Waals surface area contributed by atoms with E-state index in [1.807, 2.05) is 7.05 Å². The van der Waals surface area contributed by atoms with Crippen LogP contribution in [0.25, 0.3) is 11.0 Å². The molecule has 2 rings (SSSR count). The Morgan fingerprint density at radius 1 is 1.39 bits per heavy atom. The van der Waals surface area contributed by atoms with Crippen LogP contribution in [0.5, 0.6) is 0 Å². The van der Waals surface area contributed by atoms with E-state index in [2.05, 4.69) is 43.4 Å². The number of para-hydroxylation sites is 1. The molecule has 1 heterocycles. The van der Waals surface area contributed by atoms with Gasteiger partial charge in [0, 0.05) is 12.0 Å². The average molecular weight is 247 g/mol. The summed E-state index contributed by atoms with van der Waals surface area (Å²) >= 11 is 0. The Balaban J connectivity index is 2.20. The summed E-state index contributed by atoms with van der Waals surface area (Å²) in [4.78, 5) is 0. The Labute approximate surface area is 108 Å². The first-order chi connectivity index (χ1) is 8.76. The van der Waals surface area contributed by atoms with Gasteiger partial charge < -0.3 is 14.5 Å². The molecular formula is C15H21NO2. The zero-order valence-electron chi connectivity index (χ0n) is 11.3. The Morgan fingerprint density at radius 2 is 2.22 bits per heavy atom. The van der Waals surface area contributed by atoms with Gasteiger partial charge >= 0.3 is 0 Å². The van der Waals surface area contributed by atoms with Crippen molar-refractivity contribution in [3.63, 3.8) is 0 Å². The van der Waals surface area contributed by atoms with Crippen molar-refractivity contribution in [2.24, 2.45) is 0 Å². The first-order valence-corrected chi connectivity index (χ1v) is 6.50. The lowest BCUT2D eigenvalue weighted by molar-refractivity contribution is 0.108. The van der Waals surface area contributed by atoms with Gasteiger partial charge in [-0.05, 0) is 32.0 Å². The normalized spacial score (nSPS) is 13.1. The number of furan rings is 1. The van der Waals surface area contributed by atoms with Crippen molar-refractivity contribution in [2.75, 3.05) is 20.3 Å². The minimum Gasteiger partial charge on any atom is -0.459 e. The third-order valence-corrected chi connectivity index (χ3v) is 3.08. The summed E-state index contributed by atoms with van der Waals surface area (Å²) in [5.41, 5.74) is 2.14. The van der Waals surface area contributed by atoms with Gasteiger partial charge in [-0.1, -0.05) is 25.1 Å². The van der Waals surface area contributed by atoms with Crippen LogP contribution in [-0.2, 0) is 4.74 Å². The van der Waals surface area contributed by atoms with Crippen LogP contribution < -0.4 is 5.32 Å². The molecular weight excluding hydrogens is 226 g/mol. The van der Waals surface area contributed by atoms with Gasteiger partial charge in [-0.2, -0.15) is 0 Å². The quantitative estimate of drug-likeness (QED) is 0.794. The van der Waals surface area contributed by atoms with E-state index in [4.69, 9.17) is 9.15 Å². The van der Waals surface area contributed by atoms with Crippen molar-refractivity contribution in [3.05, 3.63) is 35.6 Å². The van der Waals surface area contributed by atoms with E-state index in [1.54, 1.807) is 0 Å². The van der Waals surface area contributed by atoms with Crippen molar-refractivity contribution in [2.45, 2.75) is 26.3 Å². The van der Waals surface area contributed by atoms with Crippen LogP contribution in [0.4, 0.5) is 0 Å². The number of hydrogen-bond donors (Lipinski definition) is 1.